The van der Waals surface area contributed by atoms with Gasteiger partial charge in [-0.3, -0.25) is 0 Å². The molecule has 12 aromatic carbocycles. The van der Waals surface area contributed by atoms with Crippen molar-refractivity contribution in [1.29, 1.82) is 0 Å². The molecule has 0 fully saturated rings. The van der Waals surface area contributed by atoms with Gasteiger partial charge < -0.3 is 18.3 Å². The van der Waals surface area contributed by atoms with E-state index in [0.717, 1.165) is 44.8 Å². The van der Waals surface area contributed by atoms with Crippen LogP contribution in [-0.2, 0) is 0 Å². The van der Waals surface area contributed by atoms with Crippen LogP contribution in [0.25, 0.3) is 132 Å². The topological polar surface area (TPSA) is 19.7 Å². The molecule has 15 aromatic rings. The van der Waals surface area contributed by atoms with Gasteiger partial charge in [-0.25, -0.2) is 0 Å². The van der Waals surface area contributed by atoms with Crippen molar-refractivity contribution in [1.82, 2.24) is 18.3 Å². The molecule has 70 heavy (non-hydrogen) atoms. The third kappa shape index (κ3) is 5.59. The van der Waals surface area contributed by atoms with Crippen LogP contribution in [-0.4, -0.2) is 18.3 Å². The Morgan fingerprint density at radius 1 is 0.143 bits per heavy atom. The van der Waals surface area contributed by atoms with Crippen molar-refractivity contribution in [3.8, 4) is 22.7 Å². The molecule has 4 heteroatoms. The highest BCUT2D eigenvalue weighted by Gasteiger charge is 2.20. The molecule has 0 aliphatic heterocycles. The smallest absolute Gasteiger partial charge is 0.0709 e. The van der Waals surface area contributed by atoms with Crippen LogP contribution in [0.1, 0.15) is 0 Å². The summed E-state index contributed by atoms with van der Waals surface area (Å²) in [5.74, 6) is 0. The van der Waals surface area contributed by atoms with Gasteiger partial charge >= 0.3 is 0 Å². The van der Waals surface area contributed by atoms with Crippen LogP contribution in [0.2, 0.25) is 0 Å². The zero-order valence-electron chi connectivity index (χ0n) is 38.0. The molecule has 0 bridgehead atoms. The molecule has 3 heterocycles. The Bertz CT molecular complexity index is 4590. The molecule has 15 rings (SSSR count). The molecule has 4 nitrogen and oxygen atoms in total. The Labute approximate surface area is 402 Å². The number of fused-ring (bicyclic) bond motifs is 16. The number of rotatable bonds is 4. The Balaban J connectivity index is 1.17. The second-order valence-corrected chi connectivity index (χ2v) is 18.5. The quantitative estimate of drug-likeness (QED) is 0.157. The molecule has 0 aliphatic rings. The molecule has 326 valence electrons. The van der Waals surface area contributed by atoms with Gasteiger partial charge in [0, 0.05) is 44.3 Å². The molecule has 3 aromatic heterocycles. The highest BCUT2D eigenvalue weighted by molar-refractivity contribution is 6.28. The first kappa shape index (κ1) is 38.7. The molecule has 0 unspecified atom stereocenters. The van der Waals surface area contributed by atoms with Gasteiger partial charge in [0.25, 0.3) is 0 Å². The molecule has 0 N–H and O–H groups in total. The molecule has 0 saturated heterocycles. The minimum absolute atomic E-state index is 1.11. The summed E-state index contributed by atoms with van der Waals surface area (Å²) in [4.78, 5) is 0. The van der Waals surface area contributed by atoms with Crippen LogP contribution in [0.15, 0.2) is 255 Å². The molecule has 0 radical (unpaired) electrons. The van der Waals surface area contributed by atoms with E-state index in [9.17, 15) is 0 Å². The van der Waals surface area contributed by atoms with Crippen molar-refractivity contribution < 1.29 is 0 Å². The second-order valence-electron chi connectivity index (χ2n) is 18.5. The van der Waals surface area contributed by atoms with Crippen molar-refractivity contribution in [2.24, 2.45) is 0 Å². The van der Waals surface area contributed by atoms with Crippen LogP contribution < -0.4 is 0 Å². The first-order valence-corrected chi connectivity index (χ1v) is 24.1. The van der Waals surface area contributed by atoms with E-state index in [4.69, 9.17) is 0 Å². The Kier molecular flexibility index (Phi) is 8.33. The number of aromatic nitrogens is 4. The van der Waals surface area contributed by atoms with E-state index in [0.29, 0.717) is 0 Å². The second kappa shape index (κ2) is 15.1. The number of hydrogen-bond acceptors (Lipinski definition) is 0. The van der Waals surface area contributed by atoms with Gasteiger partial charge in [0.05, 0.1) is 44.1 Å². The molecule has 0 spiro atoms. The monoisotopic (exact) mass is 890 g/mol. The van der Waals surface area contributed by atoms with Crippen molar-refractivity contribution in [3.05, 3.63) is 255 Å². The van der Waals surface area contributed by atoms with E-state index in [2.05, 4.69) is 273 Å². The molecule has 0 atom stereocenters. The molecule has 0 saturated carbocycles. The van der Waals surface area contributed by atoms with E-state index in [-0.39, 0.29) is 0 Å². The Morgan fingerprint density at radius 3 is 0.786 bits per heavy atom. The highest BCUT2D eigenvalue weighted by Crippen LogP contribution is 2.43. The van der Waals surface area contributed by atoms with E-state index < -0.39 is 0 Å². The SMILES string of the molecule is c1ccc(-n2c3ccccc3n(-c3ccccc3)c3cc4c5ccc(-n6c7ccccc7c7ccccc76)cc5c5cc(-n6c7ccccc7c7ccccc76)ccc5c5ccccc5c4cc32)cc1. The summed E-state index contributed by atoms with van der Waals surface area (Å²) in [6, 6.07) is 94.0. The van der Waals surface area contributed by atoms with Gasteiger partial charge in [-0.2, -0.15) is 0 Å². The summed E-state index contributed by atoms with van der Waals surface area (Å²) in [6.07, 6.45) is 0. The number of benzene rings is 11. The van der Waals surface area contributed by atoms with Crippen molar-refractivity contribution in [2.45, 2.75) is 0 Å². The third-order valence-corrected chi connectivity index (χ3v) is 14.8. The fraction of sp³-hybridized carbons (Fsp3) is 0. The van der Waals surface area contributed by atoms with Gasteiger partial charge in [-0.05, 0) is 140 Å². The average Bonchev–Trinajstić information content (AvgIpc) is 3.95. The van der Waals surface area contributed by atoms with E-state index in [1.54, 1.807) is 0 Å². The predicted octanol–water partition coefficient (Wildman–Crippen LogP) is 17.5. The van der Waals surface area contributed by atoms with Gasteiger partial charge in [-0.15, -0.1) is 0 Å². The molecule has 0 amide bonds. The minimum atomic E-state index is 1.11. The largest absolute Gasteiger partial charge is 0.309 e. The summed E-state index contributed by atoms with van der Waals surface area (Å²) in [7, 11) is 0. The molecule has 0 aliphatic carbocycles. The summed E-state index contributed by atoms with van der Waals surface area (Å²) in [5, 5.41) is 14.5. The van der Waals surface area contributed by atoms with Crippen LogP contribution in [0.3, 0.4) is 0 Å². The maximum absolute atomic E-state index is 2.47. The van der Waals surface area contributed by atoms with Crippen molar-refractivity contribution in [3.63, 3.8) is 0 Å². The highest BCUT2D eigenvalue weighted by atomic mass is 15.1. The van der Waals surface area contributed by atoms with Crippen LogP contribution in [0.5, 0.6) is 0 Å². The fourth-order valence-corrected chi connectivity index (χ4v) is 11.8. The van der Waals surface area contributed by atoms with E-state index in [1.165, 1.54) is 86.7 Å². The molecular weight excluding hydrogens is 849 g/mol. The zero-order valence-corrected chi connectivity index (χ0v) is 38.0. The van der Waals surface area contributed by atoms with Crippen molar-refractivity contribution in [2.75, 3.05) is 0 Å². The lowest BCUT2D eigenvalue weighted by Crippen LogP contribution is -2.08. The number of hydrogen-bond donors (Lipinski definition) is 0. The summed E-state index contributed by atoms with van der Waals surface area (Å²) in [6.45, 7) is 0. The third-order valence-electron chi connectivity index (χ3n) is 14.8. The lowest BCUT2D eigenvalue weighted by Gasteiger charge is -2.23. The lowest BCUT2D eigenvalue weighted by molar-refractivity contribution is 1.09. The summed E-state index contributed by atoms with van der Waals surface area (Å²) in [5.41, 5.74) is 13.7. The predicted molar refractivity (Wildman–Crippen MR) is 296 cm³/mol. The van der Waals surface area contributed by atoms with Gasteiger partial charge in [0.1, 0.15) is 0 Å². The number of nitrogens with zero attached hydrogens (tertiary/aromatic N) is 4. The summed E-state index contributed by atoms with van der Waals surface area (Å²) >= 11 is 0. The van der Waals surface area contributed by atoms with Crippen LogP contribution >= 0.6 is 0 Å². The first-order valence-electron chi connectivity index (χ1n) is 24.1. The lowest BCUT2D eigenvalue weighted by atomic mass is 9.93. The van der Waals surface area contributed by atoms with E-state index >= 15 is 0 Å². The zero-order chi connectivity index (χ0) is 45.9. The number of para-hydroxylation sites is 8. The van der Waals surface area contributed by atoms with Crippen molar-refractivity contribution >= 4 is 109 Å². The Hall–Kier alpha value is -9.38. The summed E-state index contributed by atoms with van der Waals surface area (Å²) < 4.78 is 9.80. The first-order chi connectivity index (χ1) is 34.8. The standard InChI is InChI=1S/C66H42N4/c1-3-19-43(20-4-1)67-63-33-17-18-34-64(63)68(44-21-5-2-6-22-44)66-42-58-50-38-36-46(70-61-31-15-11-27-53(61)54-28-12-16-32-62(54)70)40-56(50)55-39-45(69-59-29-13-9-25-51(59)52-26-10-14-30-60(52)69)35-37-49(55)47-23-7-8-24-48(47)57(58)41-65(66)67/h1-42H. The van der Waals surface area contributed by atoms with E-state index in [1.807, 2.05) is 0 Å². The maximum atomic E-state index is 2.47. The molecular formula is C66H42N4. The average molecular weight is 891 g/mol. The van der Waals surface area contributed by atoms with Crippen LogP contribution in [0.4, 0.5) is 0 Å². The minimum Gasteiger partial charge on any atom is -0.309 e. The maximum Gasteiger partial charge on any atom is 0.0709 e. The van der Waals surface area contributed by atoms with Gasteiger partial charge in [0.15, 0.2) is 0 Å². The van der Waals surface area contributed by atoms with Gasteiger partial charge in [0.2, 0.25) is 0 Å². The Morgan fingerprint density at radius 2 is 0.400 bits per heavy atom. The normalized spacial score (nSPS) is 12.0. The van der Waals surface area contributed by atoms with Gasteiger partial charge in [-0.1, -0.05) is 158 Å². The van der Waals surface area contributed by atoms with Crippen LogP contribution in [0, 0.1) is 0 Å². The fourth-order valence-electron chi connectivity index (χ4n) is 11.8.